The van der Waals surface area contributed by atoms with E-state index >= 15 is 0 Å². The number of aliphatic hydroxyl groups excluding tert-OH is 1. The molecule has 2 rings (SSSR count). The number of benzene rings is 2. The first-order chi connectivity index (χ1) is 18.5. The number of para-hydroxylation sites is 2. The molecule has 4 N–H and O–H groups in total. The van der Waals surface area contributed by atoms with Crippen LogP contribution in [0.5, 0.6) is 5.75 Å². The number of nitrogens with zero attached hydrogens (tertiary/aromatic N) is 1. The van der Waals surface area contributed by atoms with Gasteiger partial charge >= 0.3 is 6.09 Å². The Hall–Kier alpha value is -3.59. The summed E-state index contributed by atoms with van der Waals surface area (Å²) in [5, 5.41) is 26.1. The number of unbranched alkanes of at least 4 members (excludes halogenated alkanes) is 4. The summed E-state index contributed by atoms with van der Waals surface area (Å²) in [6, 6.07) is 11.0. The molecule has 0 bridgehead atoms. The highest BCUT2D eigenvalue weighted by Crippen LogP contribution is 2.31. The van der Waals surface area contributed by atoms with E-state index in [9.17, 15) is 24.6 Å². The number of hydrogen-bond acceptors (Lipinski definition) is 6. The molecule has 2 aromatic rings. The monoisotopic (exact) mass is 541 g/mol. The minimum absolute atomic E-state index is 0.146. The summed E-state index contributed by atoms with van der Waals surface area (Å²) in [6.45, 7) is 8.51. The van der Waals surface area contributed by atoms with Crippen LogP contribution in [0, 0.1) is 6.92 Å². The third-order valence-corrected chi connectivity index (χ3v) is 6.15. The number of amides is 3. The van der Waals surface area contributed by atoms with Gasteiger partial charge in [0.15, 0.2) is 0 Å². The Morgan fingerprint density at radius 2 is 1.62 bits per heavy atom. The number of carbonyl (C=O) groups is 3. The van der Waals surface area contributed by atoms with E-state index < -0.39 is 42.2 Å². The van der Waals surface area contributed by atoms with Crippen molar-refractivity contribution in [2.24, 2.45) is 0 Å². The summed E-state index contributed by atoms with van der Waals surface area (Å²) in [5.41, 5.74) is 0.834. The minimum atomic E-state index is -1.35. The number of rotatable bonds is 13. The molecule has 0 aliphatic heterocycles. The molecule has 9 nitrogen and oxygen atoms in total. The van der Waals surface area contributed by atoms with Gasteiger partial charge in [-0.25, -0.2) is 4.79 Å². The van der Waals surface area contributed by atoms with Crippen molar-refractivity contribution in [3.05, 3.63) is 59.7 Å². The average Bonchev–Trinajstić information content (AvgIpc) is 2.87. The Balaban J connectivity index is 2.48. The number of aromatic hydroxyl groups is 1. The van der Waals surface area contributed by atoms with Crippen molar-refractivity contribution >= 4 is 23.6 Å². The van der Waals surface area contributed by atoms with Gasteiger partial charge in [0.05, 0.1) is 6.61 Å². The lowest BCUT2D eigenvalue weighted by Crippen LogP contribution is -2.54. The zero-order chi connectivity index (χ0) is 29.0. The highest BCUT2D eigenvalue weighted by Gasteiger charge is 2.37. The van der Waals surface area contributed by atoms with Crippen molar-refractivity contribution in [2.75, 3.05) is 18.5 Å². The molecule has 0 aliphatic rings. The molecule has 0 aliphatic carbocycles. The van der Waals surface area contributed by atoms with Gasteiger partial charge < -0.3 is 30.5 Å². The Kier molecular flexibility index (Phi) is 12.3. The molecule has 0 radical (unpaired) electrons. The van der Waals surface area contributed by atoms with Crippen LogP contribution in [0.1, 0.15) is 77.0 Å². The van der Waals surface area contributed by atoms with Crippen molar-refractivity contribution in [3.8, 4) is 5.75 Å². The number of aryl methyl sites for hydroxylation is 1. The zero-order valence-corrected chi connectivity index (χ0v) is 23.7. The van der Waals surface area contributed by atoms with Crippen LogP contribution in [0.15, 0.2) is 48.5 Å². The van der Waals surface area contributed by atoms with Crippen molar-refractivity contribution < 1.29 is 29.3 Å². The Labute approximate surface area is 231 Å². The number of hydrogen-bond donors (Lipinski definition) is 4. The molecule has 0 fully saturated rings. The second-order valence-electron chi connectivity index (χ2n) is 10.6. The molecule has 39 heavy (non-hydrogen) atoms. The summed E-state index contributed by atoms with van der Waals surface area (Å²) < 4.78 is 5.28. The Bertz CT molecular complexity index is 1100. The number of anilines is 1. The summed E-state index contributed by atoms with van der Waals surface area (Å²) in [5.74, 6) is -1.33. The summed E-state index contributed by atoms with van der Waals surface area (Å²) >= 11 is 0. The topological polar surface area (TPSA) is 128 Å². The molecule has 9 heteroatoms. The van der Waals surface area contributed by atoms with Gasteiger partial charge in [0, 0.05) is 17.8 Å². The smallest absolute Gasteiger partial charge is 0.408 e. The summed E-state index contributed by atoms with van der Waals surface area (Å²) in [7, 11) is 0. The van der Waals surface area contributed by atoms with Gasteiger partial charge in [-0.2, -0.15) is 0 Å². The van der Waals surface area contributed by atoms with Crippen LogP contribution in [0.4, 0.5) is 10.5 Å². The van der Waals surface area contributed by atoms with Gasteiger partial charge in [-0.1, -0.05) is 69.0 Å². The molecule has 0 saturated heterocycles. The van der Waals surface area contributed by atoms with E-state index in [1.807, 2.05) is 19.1 Å². The summed E-state index contributed by atoms with van der Waals surface area (Å²) in [6.07, 6.45) is 3.63. The fourth-order valence-electron chi connectivity index (χ4n) is 4.17. The van der Waals surface area contributed by atoms with Crippen LogP contribution in [-0.4, -0.2) is 57.8 Å². The van der Waals surface area contributed by atoms with Crippen LogP contribution in [0.25, 0.3) is 0 Å². The van der Waals surface area contributed by atoms with Crippen LogP contribution >= 0.6 is 0 Å². The largest absolute Gasteiger partial charge is 0.508 e. The SMILES string of the molecule is CCCCCCCN(C(=O)C(CO)NC(=O)OC(C)(C)C)C(C(=O)Nc1ccccc1C)c1ccccc1O. The first kappa shape index (κ1) is 31.6. The lowest BCUT2D eigenvalue weighted by molar-refractivity contribution is -0.141. The van der Waals surface area contributed by atoms with Crippen molar-refractivity contribution in [1.29, 1.82) is 0 Å². The maximum Gasteiger partial charge on any atom is 0.408 e. The minimum Gasteiger partial charge on any atom is -0.508 e. The van der Waals surface area contributed by atoms with E-state index in [0.717, 1.165) is 31.2 Å². The van der Waals surface area contributed by atoms with Gasteiger partial charge in [0.2, 0.25) is 5.91 Å². The van der Waals surface area contributed by atoms with E-state index in [4.69, 9.17) is 4.74 Å². The van der Waals surface area contributed by atoms with Crippen LogP contribution < -0.4 is 10.6 Å². The molecule has 0 aromatic heterocycles. The van der Waals surface area contributed by atoms with Gasteiger partial charge in [0.25, 0.3) is 5.91 Å². The van der Waals surface area contributed by atoms with Crippen LogP contribution in [0.2, 0.25) is 0 Å². The second kappa shape index (κ2) is 15.1. The van der Waals surface area contributed by atoms with Gasteiger partial charge in [-0.3, -0.25) is 9.59 Å². The first-order valence-corrected chi connectivity index (χ1v) is 13.5. The maximum atomic E-state index is 13.9. The molecular weight excluding hydrogens is 498 g/mol. The standard InChI is InChI=1S/C30H43N3O6/c1-6-7-8-9-14-19-33(28(37)24(20-34)32-29(38)39-30(3,4)5)26(22-16-11-13-18-25(22)35)27(36)31-23-17-12-10-15-21(23)2/h10-13,15-18,24,26,34-35H,6-9,14,19-20H2,1-5H3,(H,31,36)(H,32,38). The number of carbonyl (C=O) groups excluding carboxylic acids is 3. The van der Waals surface area contributed by atoms with E-state index in [0.29, 0.717) is 12.1 Å². The Morgan fingerprint density at radius 1 is 0.974 bits per heavy atom. The number of aliphatic hydroxyl groups is 1. The maximum absolute atomic E-state index is 13.9. The number of phenolic OH excluding ortho intramolecular Hbond substituents is 1. The number of ether oxygens (including phenoxy) is 1. The lowest BCUT2D eigenvalue weighted by atomic mass is 10.0. The predicted octanol–water partition coefficient (Wildman–Crippen LogP) is 5.07. The lowest BCUT2D eigenvalue weighted by Gasteiger charge is -2.34. The second-order valence-corrected chi connectivity index (χ2v) is 10.6. The van der Waals surface area contributed by atoms with Crippen LogP contribution in [-0.2, 0) is 14.3 Å². The quantitative estimate of drug-likeness (QED) is 0.262. The number of alkyl carbamates (subject to hydrolysis) is 1. The van der Waals surface area contributed by atoms with E-state index in [1.165, 1.54) is 11.0 Å². The molecule has 3 amide bonds. The number of nitrogens with one attached hydrogen (secondary N) is 2. The van der Waals surface area contributed by atoms with Gasteiger partial charge in [0.1, 0.15) is 23.4 Å². The molecule has 2 aromatic carbocycles. The molecule has 0 spiro atoms. The first-order valence-electron chi connectivity index (χ1n) is 13.5. The van der Waals surface area contributed by atoms with Gasteiger partial charge in [-0.05, 0) is 51.8 Å². The third kappa shape index (κ3) is 9.90. The van der Waals surface area contributed by atoms with Gasteiger partial charge in [-0.15, -0.1) is 0 Å². The van der Waals surface area contributed by atoms with Crippen LogP contribution in [0.3, 0.4) is 0 Å². The van der Waals surface area contributed by atoms with E-state index in [2.05, 4.69) is 17.6 Å². The highest BCUT2D eigenvalue weighted by molar-refractivity contribution is 5.99. The average molecular weight is 542 g/mol. The molecule has 2 atom stereocenters. The fraction of sp³-hybridized carbons (Fsp3) is 0.500. The number of phenols is 1. The fourth-order valence-corrected chi connectivity index (χ4v) is 4.17. The van der Waals surface area contributed by atoms with Crippen molar-refractivity contribution in [3.63, 3.8) is 0 Å². The molecule has 2 unspecified atom stereocenters. The molecule has 0 heterocycles. The van der Waals surface area contributed by atoms with E-state index in [-0.39, 0.29) is 17.9 Å². The zero-order valence-electron chi connectivity index (χ0n) is 23.7. The molecule has 0 saturated carbocycles. The van der Waals surface area contributed by atoms with Crippen molar-refractivity contribution in [2.45, 2.75) is 84.4 Å². The van der Waals surface area contributed by atoms with Crippen molar-refractivity contribution in [1.82, 2.24) is 10.2 Å². The van der Waals surface area contributed by atoms with E-state index in [1.54, 1.807) is 51.1 Å². The third-order valence-electron chi connectivity index (χ3n) is 6.15. The normalized spacial score (nSPS) is 12.8. The predicted molar refractivity (Wildman–Crippen MR) is 151 cm³/mol. The summed E-state index contributed by atoms with van der Waals surface area (Å²) in [4.78, 5) is 41.5. The molecular formula is C30H43N3O6. The molecule has 214 valence electrons. The highest BCUT2D eigenvalue weighted by atomic mass is 16.6. The Morgan fingerprint density at radius 3 is 2.23 bits per heavy atom.